The zero-order chi connectivity index (χ0) is 22.0. The predicted molar refractivity (Wildman–Crippen MR) is 124 cm³/mol. The second kappa shape index (κ2) is 8.95. The van der Waals surface area contributed by atoms with Crippen molar-refractivity contribution < 1.29 is 4.79 Å². The third-order valence-electron chi connectivity index (χ3n) is 4.81. The van der Waals surface area contributed by atoms with Gasteiger partial charge in [0.15, 0.2) is 0 Å². The highest BCUT2D eigenvalue weighted by molar-refractivity contribution is 7.99. The summed E-state index contributed by atoms with van der Waals surface area (Å²) in [7, 11) is 0. The largest absolute Gasteiger partial charge is 0.323 e. The standard InChI is InChI=1S/C22H21ClN6OS/c1-4-18-14(3)26-21-24-12-25-29(21)20(18)31-17-9-7-16(8-10-17)27-22(30)28-19-11-15(23)6-5-13(19)2/h5-12H,4H2,1-3H3,(H2,27,28,30). The van der Waals surface area contributed by atoms with E-state index in [2.05, 4.69) is 32.6 Å². The Hall–Kier alpha value is -3.10. The van der Waals surface area contributed by atoms with E-state index in [0.29, 0.717) is 22.2 Å². The van der Waals surface area contributed by atoms with Crippen molar-refractivity contribution in [1.82, 2.24) is 19.6 Å². The number of carbonyl (C=O) groups excluding carboxylic acids is 1. The monoisotopic (exact) mass is 452 g/mol. The van der Waals surface area contributed by atoms with Crippen LogP contribution in [-0.4, -0.2) is 25.6 Å². The van der Waals surface area contributed by atoms with Gasteiger partial charge in [0.1, 0.15) is 11.4 Å². The SMILES string of the molecule is CCc1c(C)nc2ncnn2c1Sc1ccc(NC(=O)Nc2cc(Cl)ccc2C)cc1. The predicted octanol–water partition coefficient (Wildman–Crippen LogP) is 5.75. The van der Waals surface area contributed by atoms with Crippen molar-refractivity contribution in [2.75, 3.05) is 10.6 Å². The Bertz CT molecular complexity index is 1260. The normalized spacial score (nSPS) is 11.0. The number of aromatic nitrogens is 4. The van der Waals surface area contributed by atoms with Crippen LogP contribution >= 0.6 is 23.4 Å². The van der Waals surface area contributed by atoms with Gasteiger partial charge in [-0.25, -0.2) is 9.78 Å². The van der Waals surface area contributed by atoms with Gasteiger partial charge in [0.2, 0.25) is 0 Å². The Balaban J connectivity index is 1.49. The van der Waals surface area contributed by atoms with Gasteiger partial charge >= 0.3 is 6.03 Å². The number of fused-ring (bicyclic) bond motifs is 1. The molecule has 0 unspecified atom stereocenters. The van der Waals surface area contributed by atoms with Crippen LogP contribution in [0.15, 0.2) is 58.7 Å². The molecule has 0 aliphatic carbocycles. The van der Waals surface area contributed by atoms with E-state index in [4.69, 9.17) is 11.6 Å². The molecule has 2 aromatic carbocycles. The molecule has 7 nitrogen and oxygen atoms in total. The number of urea groups is 1. The van der Waals surface area contributed by atoms with Crippen molar-refractivity contribution in [3.8, 4) is 0 Å². The fraction of sp³-hybridized carbons (Fsp3) is 0.182. The maximum Gasteiger partial charge on any atom is 0.323 e. The number of amides is 2. The van der Waals surface area contributed by atoms with Gasteiger partial charge in [0.25, 0.3) is 5.78 Å². The summed E-state index contributed by atoms with van der Waals surface area (Å²) in [5, 5.41) is 11.6. The first-order chi connectivity index (χ1) is 14.9. The molecule has 0 bridgehead atoms. The van der Waals surface area contributed by atoms with Gasteiger partial charge in [0.05, 0.1) is 0 Å². The van der Waals surface area contributed by atoms with E-state index in [-0.39, 0.29) is 6.03 Å². The number of anilines is 2. The third kappa shape index (κ3) is 4.65. The molecule has 9 heteroatoms. The number of nitrogens with zero attached hydrogens (tertiary/aromatic N) is 4. The minimum atomic E-state index is -0.326. The zero-order valence-electron chi connectivity index (χ0n) is 17.3. The Morgan fingerprint density at radius 3 is 2.65 bits per heavy atom. The van der Waals surface area contributed by atoms with Gasteiger partial charge in [-0.05, 0) is 62.2 Å². The number of benzene rings is 2. The molecule has 0 fully saturated rings. The Labute approximate surface area is 189 Å². The average molecular weight is 453 g/mol. The average Bonchev–Trinajstić information content (AvgIpc) is 3.20. The van der Waals surface area contributed by atoms with Crippen molar-refractivity contribution >= 4 is 46.5 Å². The Kier molecular flexibility index (Phi) is 6.11. The van der Waals surface area contributed by atoms with Crippen LogP contribution in [0.25, 0.3) is 5.78 Å². The van der Waals surface area contributed by atoms with E-state index >= 15 is 0 Å². The molecular formula is C22H21ClN6OS. The molecule has 2 heterocycles. The second-order valence-corrected chi connectivity index (χ2v) is 8.47. The molecule has 2 aromatic heterocycles. The molecule has 0 radical (unpaired) electrons. The maximum atomic E-state index is 12.4. The summed E-state index contributed by atoms with van der Waals surface area (Å²) in [5.41, 5.74) is 4.39. The van der Waals surface area contributed by atoms with Crippen LogP contribution in [0.4, 0.5) is 16.2 Å². The van der Waals surface area contributed by atoms with Crippen molar-refractivity contribution in [1.29, 1.82) is 0 Å². The highest BCUT2D eigenvalue weighted by Gasteiger charge is 2.14. The van der Waals surface area contributed by atoms with E-state index in [1.54, 1.807) is 28.4 Å². The van der Waals surface area contributed by atoms with Crippen molar-refractivity contribution in [3.63, 3.8) is 0 Å². The Morgan fingerprint density at radius 2 is 1.90 bits per heavy atom. The molecule has 158 valence electrons. The van der Waals surface area contributed by atoms with Gasteiger partial charge in [-0.1, -0.05) is 36.4 Å². The highest BCUT2D eigenvalue weighted by Crippen LogP contribution is 2.32. The molecule has 0 saturated heterocycles. The molecule has 0 saturated carbocycles. The van der Waals surface area contributed by atoms with E-state index in [1.807, 2.05) is 44.2 Å². The van der Waals surface area contributed by atoms with Gasteiger partial charge < -0.3 is 10.6 Å². The zero-order valence-corrected chi connectivity index (χ0v) is 18.9. The van der Waals surface area contributed by atoms with E-state index in [1.165, 1.54) is 6.33 Å². The van der Waals surface area contributed by atoms with Crippen LogP contribution in [0, 0.1) is 13.8 Å². The number of rotatable bonds is 5. The van der Waals surface area contributed by atoms with Crippen LogP contribution in [0.2, 0.25) is 5.02 Å². The molecule has 0 atom stereocenters. The summed E-state index contributed by atoms with van der Waals surface area (Å²) >= 11 is 7.62. The molecule has 2 amide bonds. The van der Waals surface area contributed by atoms with E-state index in [9.17, 15) is 4.79 Å². The van der Waals surface area contributed by atoms with E-state index < -0.39 is 0 Å². The lowest BCUT2D eigenvalue weighted by atomic mass is 10.2. The quantitative estimate of drug-likeness (QED) is 0.376. The fourth-order valence-corrected chi connectivity index (χ4v) is 4.50. The number of hydrogen-bond acceptors (Lipinski definition) is 5. The Morgan fingerprint density at radius 1 is 1.13 bits per heavy atom. The number of nitrogens with one attached hydrogen (secondary N) is 2. The van der Waals surface area contributed by atoms with Gasteiger partial charge in [0, 0.05) is 32.6 Å². The lowest BCUT2D eigenvalue weighted by molar-refractivity contribution is 0.262. The number of hydrogen-bond donors (Lipinski definition) is 2. The summed E-state index contributed by atoms with van der Waals surface area (Å²) in [6, 6.07) is 12.7. The molecule has 4 aromatic rings. The third-order valence-corrected chi connectivity index (χ3v) is 6.17. The van der Waals surface area contributed by atoms with E-state index in [0.717, 1.165) is 33.2 Å². The molecular weight excluding hydrogens is 432 g/mol. The number of carbonyl (C=O) groups is 1. The first-order valence-electron chi connectivity index (χ1n) is 9.76. The molecule has 0 spiro atoms. The smallest absolute Gasteiger partial charge is 0.308 e. The van der Waals surface area contributed by atoms with Crippen molar-refractivity contribution in [3.05, 3.63) is 70.6 Å². The van der Waals surface area contributed by atoms with Crippen LogP contribution in [0.5, 0.6) is 0 Å². The fourth-order valence-electron chi connectivity index (χ4n) is 3.20. The van der Waals surface area contributed by atoms with Crippen molar-refractivity contribution in [2.24, 2.45) is 0 Å². The molecule has 31 heavy (non-hydrogen) atoms. The summed E-state index contributed by atoms with van der Waals surface area (Å²) in [6.45, 7) is 6.00. The number of halogens is 1. The van der Waals surface area contributed by atoms with Crippen LogP contribution in [0.1, 0.15) is 23.7 Å². The van der Waals surface area contributed by atoms with Gasteiger partial charge in [-0.3, -0.25) is 0 Å². The lowest BCUT2D eigenvalue weighted by Crippen LogP contribution is -2.19. The second-order valence-electron chi connectivity index (χ2n) is 6.97. The minimum Gasteiger partial charge on any atom is -0.308 e. The van der Waals surface area contributed by atoms with Crippen molar-refractivity contribution in [2.45, 2.75) is 37.1 Å². The summed E-state index contributed by atoms with van der Waals surface area (Å²) < 4.78 is 1.77. The first kappa shape index (κ1) is 21.1. The first-order valence-corrected chi connectivity index (χ1v) is 11.0. The highest BCUT2D eigenvalue weighted by atomic mass is 35.5. The minimum absolute atomic E-state index is 0.326. The van der Waals surface area contributed by atoms with Gasteiger partial charge in [-0.15, -0.1) is 0 Å². The maximum absolute atomic E-state index is 12.4. The van der Waals surface area contributed by atoms with Crippen LogP contribution in [0.3, 0.4) is 0 Å². The summed E-state index contributed by atoms with van der Waals surface area (Å²) in [6.07, 6.45) is 2.36. The molecule has 0 aliphatic rings. The van der Waals surface area contributed by atoms with Crippen LogP contribution in [-0.2, 0) is 6.42 Å². The molecule has 0 aliphatic heterocycles. The van der Waals surface area contributed by atoms with Crippen LogP contribution < -0.4 is 10.6 Å². The summed E-state index contributed by atoms with van der Waals surface area (Å²) in [4.78, 5) is 22.1. The molecule has 4 rings (SSSR count). The number of aryl methyl sites for hydroxylation is 2. The molecule has 2 N–H and O–H groups in total. The lowest BCUT2D eigenvalue weighted by Gasteiger charge is -2.12. The van der Waals surface area contributed by atoms with Gasteiger partial charge in [-0.2, -0.15) is 14.6 Å². The topological polar surface area (TPSA) is 84.2 Å². The summed E-state index contributed by atoms with van der Waals surface area (Å²) in [5.74, 6) is 0.587.